The number of hydrogen-bond donors (Lipinski definition) is 0. The Morgan fingerprint density at radius 3 is 2.57 bits per heavy atom. The van der Waals surface area contributed by atoms with E-state index in [1.165, 1.54) is 5.46 Å². The van der Waals surface area contributed by atoms with Crippen molar-refractivity contribution in [3.8, 4) is 0 Å². The van der Waals surface area contributed by atoms with Gasteiger partial charge in [0.2, 0.25) is 0 Å². The summed E-state index contributed by atoms with van der Waals surface area (Å²) in [6, 6.07) is 11.0. The van der Waals surface area contributed by atoms with Crippen LogP contribution in [-0.2, 0) is 0 Å². The van der Waals surface area contributed by atoms with Crippen LogP contribution in [-0.4, -0.2) is 32.8 Å². The Morgan fingerprint density at radius 2 is 1.95 bits per heavy atom. The second-order valence-electron chi connectivity index (χ2n) is 6.51. The van der Waals surface area contributed by atoms with Gasteiger partial charge in [0.25, 0.3) is 6.85 Å². The van der Waals surface area contributed by atoms with E-state index in [-0.39, 0.29) is 0 Å². The molecule has 1 aliphatic carbocycles. The predicted octanol–water partition coefficient (Wildman–Crippen LogP) is 3.36. The van der Waals surface area contributed by atoms with Crippen LogP contribution in [0.25, 0.3) is 0 Å². The van der Waals surface area contributed by atoms with Gasteiger partial charge in [0.15, 0.2) is 0 Å². The fourth-order valence-electron chi connectivity index (χ4n) is 3.66. The fraction of sp³-hybridized carbons (Fsp3) is 0.333. The van der Waals surface area contributed by atoms with E-state index in [9.17, 15) is 0 Å². The lowest BCUT2D eigenvalue weighted by molar-refractivity contribution is 0.525. The van der Waals surface area contributed by atoms with Crippen molar-refractivity contribution in [3.05, 3.63) is 64.9 Å². The second kappa shape index (κ2) is 5.82. The standard InChI is InChI=1S/C18H24BNSi/c1-4-20-15-14-18(19(20)16-10-6-5-7-11-16)21(2,3)17-12-8-9-13-17/h5-12,14H,4,13,15H2,1-3H3. The minimum absolute atomic E-state index is 0.486. The normalized spacial score (nSPS) is 19.1. The van der Waals surface area contributed by atoms with Gasteiger partial charge in [0, 0.05) is 6.54 Å². The summed E-state index contributed by atoms with van der Waals surface area (Å²) in [5.74, 6) is 0. The lowest BCUT2D eigenvalue weighted by atomic mass is 9.55. The Kier molecular flexibility index (Phi) is 4.05. The number of benzene rings is 1. The zero-order valence-corrected chi connectivity index (χ0v) is 14.3. The Balaban J connectivity index is 1.97. The minimum atomic E-state index is -1.52. The van der Waals surface area contributed by atoms with Gasteiger partial charge in [0.1, 0.15) is 0 Å². The Morgan fingerprint density at radius 1 is 1.19 bits per heavy atom. The molecule has 1 nitrogen and oxygen atoms in total. The molecule has 0 radical (unpaired) electrons. The summed E-state index contributed by atoms with van der Waals surface area (Å²) in [4.78, 5) is 2.60. The van der Waals surface area contributed by atoms with Gasteiger partial charge in [-0.05, 0) is 13.0 Å². The van der Waals surface area contributed by atoms with Gasteiger partial charge in [-0.25, -0.2) is 0 Å². The van der Waals surface area contributed by atoms with Gasteiger partial charge in [0.05, 0.1) is 8.07 Å². The van der Waals surface area contributed by atoms with Crippen LogP contribution in [0.4, 0.5) is 0 Å². The molecule has 0 saturated carbocycles. The van der Waals surface area contributed by atoms with Crippen LogP contribution < -0.4 is 5.46 Å². The highest BCUT2D eigenvalue weighted by Gasteiger charge is 2.42. The van der Waals surface area contributed by atoms with E-state index >= 15 is 0 Å². The molecular formula is C18H24BNSi. The summed E-state index contributed by atoms with van der Waals surface area (Å²) in [6.45, 7) is 10.0. The van der Waals surface area contributed by atoms with E-state index in [4.69, 9.17) is 0 Å². The van der Waals surface area contributed by atoms with Crippen molar-refractivity contribution in [2.24, 2.45) is 0 Å². The molecule has 21 heavy (non-hydrogen) atoms. The first-order valence-electron chi connectivity index (χ1n) is 8.00. The molecule has 0 spiro atoms. The molecule has 0 aromatic heterocycles. The first-order chi connectivity index (χ1) is 10.1. The van der Waals surface area contributed by atoms with Gasteiger partial charge in [-0.15, -0.1) is 0 Å². The molecule has 0 atom stereocenters. The number of hydrogen-bond acceptors (Lipinski definition) is 1. The van der Waals surface area contributed by atoms with E-state index in [0.717, 1.165) is 19.5 Å². The van der Waals surface area contributed by atoms with E-state index < -0.39 is 8.07 Å². The third-order valence-corrected chi connectivity index (χ3v) is 8.92. The molecule has 2 aliphatic rings. The quantitative estimate of drug-likeness (QED) is 0.769. The third-order valence-electron chi connectivity index (χ3n) is 5.02. The van der Waals surface area contributed by atoms with Crippen LogP contribution in [0.15, 0.2) is 64.9 Å². The van der Waals surface area contributed by atoms with Crippen molar-refractivity contribution in [3.63, 3.8) is 0 Å². The average Bonchev–Trinajstić information content (AvgIpc) is 3.17. The maximum atomic E-state index is 2.60. The molecule has 0 saturated heterocycles. The summed E-state index contributed by atoms with van der Waals surface area (Å²) in [5, 5.41) is 3.37. The smallest absolute Gasteiger partial charge is 0.284 e. The zero-order valence-electron chi connectivity index (χ0n) is 13.3. The summed E-state index contributed by atoms with van der Waals surface area (Å²) in [6.07, 6.45) is 10.6. The van der Waals surface area contributed by atoms with Crippen LogP contribution in [0.5, 0.6) is 0 Å². The predicted molar refractivity (Wildman–Crippen MR) is 96.5 cm³/mol. The van der Waals surface area contributed by atoms with Crippen LogP contribution in [0.1, 0.15) is 13.3 Å². The molecule has 0 fully saturated rings. The molecule has 0 bridgehead atoms. The van der Waals surface area contributed by atoms with Gasteiger partial charge in [-0.3, -0.25) is 0 Å². The van der Waals surface area contributed by atoms with Crippen molar-refractivity contribution in [1.82, 2.24) is 4.81 Å². The molecule has 1 heterocycles. The summed E-state index contributed by atoms with van der Waals surface area (Å²) >= 11 is 0. The zero-order chi connectivity index (χ0) is 14.9. The first kappa shape index (κ1) is 14.6. The second-order valence-corrected chi connectivity index (χ2v) is 11.0. The highest BCUT2D eigenvalue weighted by atomic mass is 28.3. The topological polar surface area (TPSA) is 3.24 Å². The summed E-state index contributed by atoms with van der Waals surface area (Å²) in [5.41, 5.74) is 1.45. The summed E-state index contributed by atoms with van der Waals surface area (Å²) in [7, 11) is -1.52. The van der Waals surface area contributed by atoms with Gasteiger partial charge < -0.3 is 4.81 Å². The number of likely N-dealkylation sites (N-methyl/N-ethyl adjacent to an activating group) is 1. The van der Waals surface area contributed by atoms with Crippen molar-refractivity contribution in [2.75, 3.05) is 13.1 Å². The summed E-state index contributed by atoms with van der Waals surface area (Å²) < 4.78 is 0. The molecule has 0 N–H and O–H groups in total. The van der Waals surface area contributed by atoms with E-state index in [1.54, 1.807) is 10.3 Å². The monoisotopic (exact) mass is 293 g/mol. The number of nitrogens with zero attached hydrogens (tertiary/aromatic N) is 1. The maximum absolute atomic E-state index is 2.60. The maximum Gasteiger partial charge on any atom is 0.284 e. The van der Waals surface area contributed by atoms with Gasteiger partial charge >= 0.3 is 0 Å². The molecule has 3 rings (SSSR count). The molecule has 3 heteroatoms. The lowest BCUT2D eigenvalue weighted by Crippen LogP contribution is -2.52. The third kappa shape index (κ3) is 2.60. The van der Waals surface area contributed by atoms with E-state index in [0.29, 0.717) is 6.85 Å². The fourth-order valence-corrected chi connectivity index (χ4v) is 6.81. The molecule has 1 aromatic carbocycles. The Labute approximate surface area is 130 Å². The lowest BCUT2D eigenvalue weighted by Gasteiger charge is -2.32. The molecule has 108 valence electrons. The molecule has 1 aliphatic heterocycles. The molecule has 0 amide bonds. The Bertz CT molecular complexity index is 601. The van der Waals surface area contributed by atoms with Crippen molar-refractivity contribution in [2.45, 2.75) is 26.4 Å². The van der Waals surface area contributed by atoms with Crippen molar-refractivity contribution in [1.29, 1.82) is 0 Å². The number of allylic oxidation sites excluding steroid dienone is 4. The van der Waals surface area contributed by atoms with Crippen molar-refractivity contribution >= 4 is 20.4 Å². The Hall–Kier alpha value is -1.32. The average molecular weight is 293 g/mol. The SMILES string of the molecule is CCN1CC=C([Si](C)(C)C2=CC=CC2)B1c1ccccc1. The highest BCUT2D eigenvalue weighted by Crippen LogP contribution is 2.33. The highest BCUT2D eigenvalue weighted by molar-refractivity contribution is 7.05. The van der Waals surface area contributed by atoms with Crippen LogP contribution in [0.3, 0.4) is 0 Å². The van der Waals surface area contributed by atoms with Gasteiger partial charge in [-0.2, -0.15) is 0 Å². The minimum Gasteiger partial charge on any atom is -0.331 e. The number of rotatable bonds is 4. The van der Waals surface area contributed by atoms with E-state index in [2.05, 4.69) is 79.5 Å². The molecule has 0 unspecified atom stereocenters. The van der Waals surface area contributed by atoms with Crippen LogP contribution in [0, 0.1) is 0 Å². The van der Waals surface area contributed by atoms with E-state index in [1.807, 2.05) is 0 Å². The van der Waals surface area contributed by atoms with Gasteiger partial charge in [-0.1, -0.05) is 90.4 Å². The van der Waals surface area contributed by atoms with Crippen molar-refractivity contribution < 1.29 is 0 Å². The largest absolute Gasteiger partial charge is 0.331 e. The van der Waals surface area contributed by atoms with Crippen LogP contribution in [0.2, 0.25) is 13.1 Å². The molecular weight excluding hydrogens is 269 g/mol. The first-order valence-corrected chi connectivity index (χ1v) is 11.0. The van der Waals surface area contributed by atoms with Crippen LogP contribution >= 0.6 is 0 Å². The molecule has 1 aromatic rings.